The molecule has 2 atom stereocenters. The molecule has 0 aliphatic heterocycles. The van der Waals surface area contributed by atoms with Gasteiger partial charge in [-0.1, -0.05) is 56.3 Å². The number of amides is 1. The first kappa shape index (κ1) is 20.6. The average molecular weight is 369 g/mol. The Kier molecular flexibility index (Phi) is 7.07. The van der Waals surface area contributed by atoms with Crippen molar-refractivity contribution in [3.8, 4) is 0 Å². The molecule has 0 aliphatic rings. The maximum absolute atomic E-state index is 12.6. The van der Waals surface area contributed by atoms with E-state index in [4.69, 9.17) is 0 Å². The largest absolute Gasteiger partial charge is 0.348 e. The van der Waals surface area contributed by atoms with Gasteiger partial charge in [0.25, 0.3) is 5.69 Å². The highest BCUT2D eigenvalue weighted by atomic mass is 16.6. The predicted octanol–water partition coefficient (Wildman–Crippen LogP) is 4.10. The third-order valence-corrected chi connectivity index (χ3v) is 4.76. The number of nitrogens with one attached hydrogen (secondary N) is 1. The highest BCUT2D eigenvalue weighted by Gasteiger charge is 2.21. The summed E-state index contributed by atoms with van der Waals surface area (Å²) in [4.78, 5) is 25.0. The van der Waals surface area contributed by atoms with E-state index in [9.17, 15) is 14.9 Å². The Labute approximate surface area is 160 Å². The van der Waals surface area contributed by atoms with E-state index in [0.717, 1.165) is 11.1 Å². The Balaban J connectivity index is 2.03. The number of carbonyl (C=O) groups is 1. The first-order valence-electron chi connectivity index (χ1n) is 9.08. The minimum absolute atomic E-state index is 0.0554. The maximum Gasteiger partial charge on any atom is 0.269 e. The fraction of sp³-hybridized carbons (Fsp3) is 0.381. The van der Waals surface area contributed by atoms with Crippen molar-refractivity contribution >= 4 is 11.6 Å². The molecule has 0 heterocycles. The van der Waals surface area contributed by atoms with Gasteiger partial charge in [0.1, 0.15) is 0 Å². The second-order valence-electron chi connectivity index (χ2n) is 7.14. The van der Waals surface area contributed by atoms with Gasteiger partial charge in [-0.15, -0.1) is 0 Å². The predicted molar refractivity (Wildman–Crippen MR) is 106 cm³/mol. The van der Waals surface area contributed by atoms with Gasteiger partial charge in [0.15, 0.2) is 0 Å². The summed E-state index contributed by atoms with van der Waals surface area (Å²) in [5.41, 5.74) is 1.94. The third-order valence-electron chi connectivity index (χ3n) is 4.76. The van der Waals surface area contributed by atoms with Crippen molar-refractivity contribution in [2.45, 2.75) is 32.9 Å². The summed E-state index contributed by atoms with van der Waals surface area (Å²) < 4.78 is 0. The molecule has 2 aromatic rings. The van der Waals surface area contributed by atoms with Gasteiger partial charge in [0.2, 0.25) is 5.91 Å². The van der Waals surface area contributed by atoms with Gasteiger partial charge in [-0.3, -0.25) is 19.8 Å². The molecule has 6 nitrogen and oxygen atoms in total. The molecule has 1 N–H and O–H groups in total. The van der Waals surface area contributed by atoms with Gasteiger partial charge >= 0.3 is 0 Å². The quantitative estimate of drug-likeness (QED) is 0.561. The third kappa shape index (κ3) is 5.62. The fourth-order valence-corrected chi connectivity index (χ4v) is 3.03. The van der Waals surface area contributed by atoms with E-state index in [1.165, 1.54) is 6.07 Å². The molecule has 2 rings (SSSR count). The highest BCUT2D eigenvalue weighted by Crippen LogP contribution is 2.24. The van der Waals surface area contributed by atoms with Crippen LogP contribution in [-0.4, -0.2) is 29.3 Å². The molecular formula is C21H27N3O3. The summed E-state index contributed by atoms with van der Waals surface area (Å²) in [5.74, 6) is 0.188. The summed E-state index contributed by atoms with van der Waals surface area (Å²) in [5, 5.41) is 14.1. The molecule has 27 heavy (non-hydrogen) atoms. The first-order chi connectivity index (χ1) is 12.8. The molecule has 0 fully saturated rings. The zero-order valence-electron chi connectivity index (χ0n) is 16.3. The summed E-state index contributed by atoms with van der Waals surface area (Å²) >= 11 is 0. The molecular weight excluding hydrogens is 342 g/mol. The van der Waals surface area contributed by atoms with Crippen LogP contribution in [0.15, 0.2) is 54.6 Å². The van der Waals surface area contributed by atoms with Crippen LogP contribution in [0.25, 0.3) is 0 Å². The van der Waals surface area contributed by atoms with Crippen molar-refractivity contribution in [3.63, 3.8) is 0 Å². The summed E-state index contributed by atoms with van der Waals surface area (Å²) in [6.07, 6.45) is 0. The second kappa shape index (κ2) is 9.28. The van der Waals surface area contributed by atoms with Crippen molar-refractivity contribution < 1.29 is 9.72 Å². The lowest BCUT2D eigenvalue weighted by atomic mass is 9.96. The van der Waals surface area contributed by atoms with E-state index in [2.05, 4.69) is 19.2 Å². The molecule has 1 amide bonds. The number of hydrogen-bond acceptors (Lipinski definition) is 4. The molecule has 0 spiro atoms. The Morgan fingerprint density at radius 1 is 1.07 bits per heavy atom. The maximum atomic E-state index is 12.6. The van der Waals surface area contributed by atoms with Gasteiger partial charge in [0, 0.05) is 18.2 Å². The highest BCUT2D eigenvalue weighted by molar-refractivity contribution is 5.78. The van der Waals surface area contributed by atoms with Gasteiger partial charge in [-0.2, -0.15) is 0 Å². The van der Waals surface area contributed by atoms with Crippen molar-refractivity contribution in [3.05, 3.63) is 75.8 Å². The van der Waals surface area contributed by atoms with E-state index < -0.39 is 4.92 Å². The van der Waals surface area contributed by atoms with Crippen LogP contribution in [0.5, 0.6) is 0 Å². The molecule has 0 radical (unpaired) electrons. The number of rotatable bonds is 8. The number of likely N-dealkylation sites (N-methyl/N-ethyl adjacent to an activating group) is 1. The van der Waals surface area contributed by atoms with Crippen LogP contribution in [-0.2, 0) is 4.79 Å². The summed E-state index contributed by atoms with van der Waals surface area (Å²) in [6.45, 7) is 6.30. The lowest BCUT2D eigenvalue weighted by Crippen LogP contribution is -2.39. The Bertz CT molecular complexity index is 777. The monoisotopic (exact) mass is 369 g/mol. The van der Waals surface area contributed by atoms with Gasteiger partial charge in [0.05, 0.1) is 17.5 Å². The van der Waals surface area contributed by atoms with Crippen LogP contribution < -0.4 is 5.32 Å². The summed E-state index contributed by atoms with van der Waals surface area (Å²) in [6, 6.07) is 16.3. The van der Waals surface area contributed by atoms with E-state index in [1.807, 2.05) is 55.3 Å². The van der Waals surface area contributed by atoms with E-state index in [-0.39, 0.29) is 36.1 Å². The van der Waals surface area contributed by atoms with Gasteiger partial charge < -0.3 is 5.32 Å². The summed E-state index contributed by atoms with van der Waals surface area (Å²) in [7, 11) is 1.84. The molecule has 0 bridgehead atoms. The standard InChI is InChI=1S/C21H27N3O3/c1-15(2)21(17-9-6-5-7-10-17)22-20(25)14-23(4)16(3)18-11-8-12-19(13-18)24(26)27/h5-13,15-16,21H,14H2,1-4H3,(H,22,25). The lowest BCUT2D eigenvalue weighted by molar-refractivity contribution is -0.384. The SMILES string of the molecule is CC(C)C(NC(=O)CN(C)C(C)c1cccc([N+](=O)[O-])c1)c1ccccc1. The van der Waals surface area contributed by atoms with E-state index in [0.29, 0.717) is 0 Å². The Hall–Kier alpha value is -2.73. The minimum Gasteiger partial charge on any atom is -0.348 e. The smallest absolute Gasteiger partial charge is 0.269 e. The molecule has 0 saturated heterocycles. The van der Waals surface area contributed by atoms with Crippen LogP contribution in [0.1, 0.15) is 44.0 Å². The average Bonchev–Trinajstić information content (AvgIpc) is 2.66. The topological polar surface area (TPSA) is 75.5 Å². The molecule has 144 valence electrons. The number of nitro groups is 1. The fourth-order valence-electron chi connectivity index (χ4n) is 3.03. The van der Waals surface area contributed by atoms with Crippen molar-refractivity contribution in [1.82, 2.24) is 10.2 Å². The van der Waals surface area contributed by atoms with Crippen molar-refractivity contribution in [2.75, 3.05) is 13.6 Å². The van der Waals surface area contributed by atoms with E-state index in [1.54, 1.807) is 12.1 Å². The van der Waals surface area contributed by atoms with Gasteiger partial charge in [-0.25, -0.2) is 0 Å². The van der Waals surface area contributed by atoms with Crippen LogP contribution in [0.3, 0.4) is 0 Å². The molecule has 0 aliphatic carbocycles. The van der Waals surface area contributed by atoms with E-state index >= 15 is 0 Å². The number of non-ortho nitro benzene ring substituents is 1. The normalized spacial score (nSPS) is 13.4. The van der Waals surface area contributed by atoms with Crippen LogP contribution in [0.2, 0.25) is 0 Å². The number of hydrogen-bond donors (Lipinski definition) is 1. The second-order valence-corrected chi connectivity index (χ2v) is 7.14. The first-order valence-corrected chi connectivity index (χ1v) is 9.08. The molecule has 0 saturated carbocycles. The molecule has 6 heteroatoms. The molecule has 2 aromatic carbocycles. The number of carbonyl (C=O) groups excluding carboxylic acids is 1. The van der Waals surface area contributed by atoms with Crippen LogP contribution in [0.4, 0.5) is 5.69 Å². The molecule has 2 unspecified atom stereocenters. The van der Waals surface area contributed by atoms with Crippen LogP contribution >= 0.6 is 0 Å². The number of benzene rings is 2. The lowest BCUT2D eigenvalue weighted by Gasteiger charge is -2.27. The van der Waals surface area contributed by atoms with Gasteiger partial charge in [-0.05, 0) is 31.0 Å². The van der Waals surface area contributed by atoms with Crippen LogP contribution in [0, 0.1) is 16.0 Å². The zero-order valence-corrected chi connectivity index (χ0v) is 16.3. The minimum atomic E-state index is -0.407. The van der Waals surface area contributed by atoms with Crippen molar-refractivity contribution in [2.24, 2.45) is 5.92 Å². The Morgan fingerprint density at radius 2 is 1.70 bits per heavy atom. The Morgan fingerprint density at radius 3 is 2.30 bits per heavy atom. The zero-order chi connectivity index (χ0) is 20.0. The number of nitro benzene ring substituents is 1. The molecule has 0 aromatic heterocycles. The van der Waals surface area contributed by atoms with Crippen molar-refractivity contribution in [1.29, 1.82) is 0 Å². The number of nitrogens with zero attached hydrogens (tertiary/aromatic N) is 2.